The lowest BCUT2D eigenvalue weighted by Gasteiger charge is -2.09. The molecule has 0 N–H and O–H groups in total. The molecule has 0 spiro atoms. The van der Waals surface area contributed by atoms with E-state index in [0.29, 0.717) is 28.6 Å². The molecular formula is C25H26ClFO5. The first-order valence-electron chi connectivity index (χ1n) is 9.77. The standard InChI is InChI=1S/C16H16ClFO2.C9H10O3/c1-19-15-8-6-12(10-16(15)20-2)4-3-11-5-7-14(18)13(17)9-11;1-11-8-4-3-7(6-10)5-9(8)12-2/h5-10H,3-4H2,1-2H3;3-6H,1-2H3. The molecule has 0 saturated carbocycles. The topological polar surface area (TPSA) is 54.0 Å². The van der Waals surface area contributed by atoms with Gasteiger partial charge in [0, 0.05) is 5.56 Å². The molecule has 3 aromatic carbocycles. The molecule has 0 aromatic heterocycles. The molecule has 3 rings (SSSR count). The first kappa shape index (κ1) is 25.0. The molecule has 0 unspecified atom stereocenters. The SMILES string of the molecule is COc1ccc(C=O)cc1OC.COc1ccc(CCc2ccc(F)c(Cl)c2)cc1OC. The summed E-state index contributed by atoms with van der Waals surface area (Å²) in [5.41, 5.74) is 2.71. The third-order valence-corrected chi connectivity index (χ3v) is 4.97. The number of halogens is 2. The van der Waals surface area contributed by atoms with Gasteiger partial charge in [0.05, 0.1) is 33.5 Å². The second kappa shape index (κ2) is 12.6. The summed E-state index contributed by atoms with van der Waals surface area (Å²) in [5, 5.41) is 0.162. The Morgan fingerprint density at radius 3 is 1.75 bits per heavy atom. The average molecular weight is 461 g/mol. The van der Waals surface area contributed by atoms with Crippen LogP contribution >= 0.6 is 11.6 Å². The summed E-state index contributed by atoms with van der Waals surface area (Å²) in [6.45, 7) is 0. The van der Waals surface area contributed by atoms with E-state index in [1.54, 1.807) is 51.7 Å². The van der Waals surface area contributed by atoms with Gasteiger partial charge in [-0.05, 0) is 66.4 Å². The van der Waals surface area contributed by atoms with Crippen LogP contribution in [0.15, 0.2) is 54.6 Å². The van der Waals surface area contributed by atoms with Crippen molar-refractivity contribution in [2.45, 2.75) is 12.8 Å². The highest BCUT2D eigenvalue weighted by atomic mass is 35.5. The fourth-order valence-corrected chi connectivity index (χ4v) is 3.15. The summed E-state index contributed by atoms with van der Waals surface area (Å²) in [5.74, 6) is 2.23. The first-order valence-corrected chi connectivity index (χ1v) is 10.2. The van der Waals surface area contributed by atoms with Crippen LogP contribution in [-0.4, -0.2) is 34.7 Å². The lowest BCUT2D eigenvalue weighted by molar-refractivity contribution is 0.112. The Balaban J connectivity index is 0.000000258. The zero-order valence-corrected chi connectivity index (χ0v) is 19.2. The second-order valence-electron chi connectivity index (χ2n) is 6.67. The number of carbonyl (C=O) groups is 1. The van der Waals surface area contributed by atoms with Gasteiger partial charge in [-0.1, -0.05) is 23.7 Å². The molecule has 0 heterocycles. The van der Waals surface area contributed by atoms with Gasteiger partial charge < -0.3 is 18.9 Å². The van der Waals surface area contributed by atoms with Crippen molar-refractivity contribution < 1.29 is 28.1 Å². The van der Waals surface area contributed by atoms with Crippen LogP contribution in [0.1, 0.15) is 21.5 Å². The maximum atomic E-state index is 13.1. The minimum Gasteiger partial charge on any atom is -0.493 e. The number of ether oxygens (including phenoxy) is 4. The zero-order chi connectivity index (χ0) is 23.5. The van der Waals surface area contributed by atoms with Gasteiger partial charge in [0.25, 0.3) is 0 Å². The van der Waals surface area contributed by atoms with E-state index in [-0.39, 0.29) is 10.8 Å². The molecule has 0 amide bonds. The van der Waals surface area contributed by atoms with E-state index in [1.807, 2.05) is 18.2 Å². The molecule has 0 radical (unpaired) electrons. The summed E-state index contributed by atoms with van der Waals surface area (Å²) in [7, 11) is 6.31. The molecule has 0 bridgehead atoms. The molecule has 5 nitrogen and oxygen atoms in total. The number of carbonyl (C=O) groups excluding carboxylic acids is 1. The van der Waals surface area contributed by atoms with Crippen LogP contribution < -0.4 is 18.9 Å². The molecule has 170 valence electrons. The minimum atomic E-state index is -0.387. The fraction of sp³-hybridized carbons (Fsp3) is 0.240. The number of benzene rings is 3. The van der Waals surface area contributed by atoms with Crippen LogP contribution in [0.3, 0.4) is 0 Å². The number of aldehydes is 1. The molecule has 0 aliphatic rings. The lowest BCUT2D eigenvalue weighted by Crippen LogP contribution is -1.95. The van der Waals surface area contributed by atoms with Crippen molar-refractivity contribution >= 4 is 17.9 Å². The molecule has 7 heteroatoms. The summed E-state index contributed by atoms with van der Waals surface area (Å²) in [4.78, 5) is 10.4. The van der Waals surface area contributed by atoms with E-state index in [4.69, 9.17) is 30.5 Å². The lowest BCUT2D eigenvalue weighted by atomic mass is 10.0. The van der Waals surface area contributed by atoms with Gasteiger partial charge in [0.15, 0.2) is 23.0 Å². The maximum Gasteiger partial charge on any atom is 0.161 e. The molecule has 0 atom stereocenters. The smallest absolute Gasteiger partial charge is 0.161 e. The van der Waals surface area contributed by atoms with E-state index in [1.165, 1.54) is 13.2 Å². The van der Waals surface area contributed by atoms with E-state index in [0.717, 1.165) is 30.3 Å². The van der Waals surface area contributed by atoms with Crippen molar-refractivity contribution in [2.24, 2.45) is 0 Å². The monoisotopic (exact) mass is 460 g/mol. The van der Waals surface area contributed by atoms with Crippen LogP contribution in [-0.2, 0) is 12.8 Å². The van der Waals surface area contributed by atoms with Crippen LogP contribution in [0.2, 0.25) is 5.02 Å². The number of hydrogen-bond acceptors (Lipinski definition) is 5. The van der Waals surface area contributed by atoms with Crippen molar-refractivity contribution in [3.63, 3.8) is 0 Å². The van der Waals surface area contributed by atoms with Crippen LogP contribution in [0.4, 0.5) is 4.39 Å². The summed E-state index contributed by atoms with van der Waals surface area (Å²) in [6, 6.07) is 15.6. The number of aryl methyl sites for hydroxylation is 2. The van der Waals surface area contributed by atoms with E-state index < -0.39 is 0 Å². The van der Waals surface area contributed by atoms with Crippen LogP contribution in [0.5, 0.6) is 23.0 Å². The van der Waals surface area contributed by atoms with E-state index in [2.05, 4.69) is 0 Å². The third kappa shape index (κ3) is 6.89. The number of hydrogen-bond donors (Lipinski definition) is 0. The Hall–Kier alpha value is -3.25. The van der Waals surface area contributed by atoms with Gasteiger partial charge in [0.2, 0.25) is 0 Å². The first-order chi connectivity index (χ1) is 15.4. The summed E-state index contributed by atoms with van der Waals surface area (Å²) >= 11 is 5.77. The van der Waals surface area contributed by atoms with Gasteiger partial charge in [-0.3, -0.25) is 4.79 Å². The third-order valence-electron chi connectivity index (χ3n) is 4.68. The van der Waals surface area contributed by atoms with Crippen molar-refractivity contribution in [3.8, 4) is 23.0 Å². The predicted molar refractivity (Wildman–Crippen MR) is 123 cm³/mol. The Kier molecular flexibility index (Phi) is 9.82. The van der Waals surface area contributed by atoms with Crippen molar-refractivity contribution in [1.29, 1.82) is 0 Å². The Labute approximate surface area is 192 Å². The second-order valence-corrected chi connectivity index (χ2v) is 7.08. The fourth-order valence-electron chi connectivity index (χ4n) is 2.95. The molecule has 3 aromatic rings. The summed E-state index contributed by atoms with van der Waals surface area (Å²) in [6.07, 6.45) is 2.37. The van der Waals surface area contributed by atoms with Crippen LogP contribution in [0.25, 0.3) is 0 Å². The maximum absolute atomic E-state index is 13.1. The quantitative estimate of drug-likeness (QED) is 0.398. The van der Waals surface area contributed by atoms with Gasteiger partial charge in [-0.25, -0.2) is 4.39 Å². The van der Waals surface area contributed by atoms with Gasteiger partial charge in [-0.2, -0.15) is 0 Å². The Morgan fingerprint density at radius 1 is 0.719 bits per heavy atom. The molecular weight excluding hydrogens is 435 g/mol. The Morgan fingerprint density at radius 2 is 1.22 bits per heavy atom. The average Bonchev–Trinajstić information content (AvgIpc) is 2.84. The molecule has 0 aliphatic heterocycles. The highest BCUT2D eigenvalue weighted by molar-refractivity contribution is 6.30. The van der Waals surface area contributed by atoms with Gasteiger partial charge >= 0.3 is 0 Å². The zero-order valence-electron chi connectivity index (χ0n) is 18.5. The van der Waals surface area contributed by atoms with Crippen LogP contribution in [0, 0.1) is 5.82 Å². The minimum absolute atomic E-state index is 0.162. The summed E-state index contributed by atoms with van der Waals surface area (Å²) < 4.78 is 33.5. The molecule has 0 saturated heterocycles. The molecule has 0 fully saturated rings. The number of rotatable bonds is 8. The Bertz CT molecular complexity index is 1040. The van der Waals surface area contributed by atoms with Gasteiger partial charge in [0.1, 0.15) is 12.1 Å². The van der Waals surface area contributed by atoms with Crippen molar-refractivity contribution in [2.75, 3.05) is 28.4 Å². The van der Waals surface area contributed by atoms with Crippen molar-refractivity contribution in [1.82, 2.24) is 0 Å². The number of methoxy groups -OCH3 is 4. The van der Waals surface area contributed by atoms with E-state index in [9.17, 15) is 9.18 Å². The highest BCUT2D eigenvalue weighted by Gasteiger charge is 2.06. The largest absolute Gasteiger partial charge is 0.493 e. The van der Waals surface area contributed by atoms with Crippen molar-refractivity contribution in [3.05, 3.63) is 82.1 Å². The highest BCUT2D eigenvalue weighted by Crippen LogP contribution is 2.28. The van der Waals surface area contributed by atoms with E-state index >= 15 is 0 Å². The molecule has 0 aliphatic carbocycles. The molecule has 32 heavy (non-hydrogen) atoms. The normalized spacial score (nSPS) is 9.94. The predicted octanol–water partition coefficient (Wildman–Crippen LogP) is 5.80. The van der Waals surface area contributed by atoms with Gasteiger partial charge in [-0.15, -0.1) is 0 Å².